The Morgan fingerprint density at radius 1 is 1.11 bits per heavy atom. The van der Waals surface area contributed by atoms with Crippen LogP contribution in [-0.4, -0.2) is 24.2 Å². The maximum absolute atomic E-state index is 11.3. The Morgan fingerprint density at radius 2 is 1.78 bits per heavy atom. The third-order valence-corrected chi connectivity index (χ3v) is 4.66. The third kappa shape index (κ3) is 6.33. The Bertz CT molecular complexity index is 783. The number of hydrogen-bond acceptors (Lipinski definition) is 3. The molecule has 0 saturated heterocycles. The van der Waals surface area contributed by atoms with Gasteiger partial charge in [-0.05, 0) is 48.1 Å². The molecule has 2 rings (SSSR count). The van der Waals surface area contributed by atoms with Crippen molar-refractivity contribution >= 4 is 34.9 Å². The largest absolute Gasteiger partial charge is 0.494 e. The van der Waals surface area contributed by atoms with E-state index >= 15 is 0 Å². The smallest absolute Gasteiger partial charge is 0.337 e. The number of carbonyl (C=O) groups is 1. The number of carboxylic acid groups (broad SMARTS) is 1. The van der Waals surface area contributed by atoms with Gasteiger partial charge in [0.25, 0.3) is 0 Å². The summed E-state index contributed by atoms with van der Waals surface area (Å²) < 4.78 is 5.76. The van der Waals surface area contributed by atoms with E-state index in [1.165, 1.54) is 17.7 Å². The van der Waals surface area contributed by atoms with Gasteiger partial charge in [0.15, 0.2) is 0 Å². The molecule has 27 heavy (non-hydrogen) atoms. The lowest BCUT2D eigenvalue weighted by atomic mass is 9.87. The number of benzene rings is 2. The highest BCUT2D eigenvalue weighted by Crippen LogP contribution is 2.30. The molecule has 6 heteroatoms. The van der Waals surface area contributed by atoms with E-state index in [1.54, 1.807) is 0 Å². The predicted octanol–water partition coefficient (Wildman–Crippen LogP) is 6.26. The fourth-order valence-corrected chi connectivity index (χ4v) is 3.16. The van der Waals surface area contributed by atoms with Gasteiger partial charge in [-0.2, -0.15) is 0 Å². The van der Waals surface area contributed by atoms with E-state index < -0.39 is 5.97 Å². The molecule has 0 saturated carbocycles. The molecule has 0 radical (unpaired) electrons. The summed E-state index contributed by atoms with van der Waals surface area (Å²) in [6.45, 7) is 7.72. The van der Waals surface area contributed by atoms with Crippen LogP contribution in [0.4, 0.5) is 5.69 Å². The van der Waals surface area contributed by atoms with Gasteiger partial charge in [0.1, 0.15) is 5.75 Å². The Morgan fingerprint density at radius 3 is 2.37 bits per heavy atom. The molecule has 0 unspecified atom stereocenters. The van der Waals surface area contributed by atoms with Crippen molar-refractivity contribution in [1.82, 2.24) is 0 Å². The van der Waals surface area contributed by atoms with E-state index in [9.17, 15) is 9.90 Å². The van der Waals surface area contributed by atoms with E-state index in [-0.39, 0.29) is 11.0 Å². The highest BCUT2D eigenvalue weighted by Gasteiger charge is 2.15. The molecule has 0 aliphatic carbocycles. The van der Waals surface area contributed by atoms with Crippen molar-refractivity contribution in [2.45, 2.75) is 39.0 Å². The molecule has 0 aliphatic rings. The molecule has 0 amide bonds. The van der Waals surface area contributed by atoms with Gasteiger partial charge in [-0.25, -0.2) is 4.79 Å². The number of aromatic carboxylic acids is 1. The molecule has 2 aromatic carbocycles. The number of hydrogen-bond donors (Lipinski definition) is 2. The standard InChI is InChI=1S/C21H25Cl2NO3/c1-21(2,3)14-6-8-16(9-7-14)27-11-5-4-10-24-19-17(20(25)26)12-15(22)13-18(19)23/h6-9,12-13,24H,4-5,10-11H2,1-3H3,(H,25,26). The minimum Gasteiger partial charge on any atom is -0.494 e. The minimum absolute atomic E-state index is 0.0719. The summed E-state index contributed by atoms with van der Waals surface area (Å²) in [5.41, 5.74) is 1.87. The molecule has 0 aliphatic heterocycles. The quantitative estimate of drug-likeness (QED) is 0.505. The fraction of sp³-hybridized carbons (Fsp3) is 0.381. The lowest BCUT2D eigenvalue weighted by Gasteiger charge is -2.19. The molecule has 2 N–H and O–H groups in total. The van der Waals surface area contributed by atoms with Crippen LogP contribution >= 0.6 is 23.2 Å². The maximum atomic E-state index is 11.3. The summed E-state index contributed by atoms with van der Waals surface area (Å²) in [7, 11) is 0. The van der Waals surface area contributed by atoms with Crippen molar-refractivity contribution in [3.8, 4) is 5.75 Å². The van der Waals surface area contributed by atoms with Crippen molar-refractivity contribution in [2.75, 3.05) is 18.5 Å². The van der Waals surface area contributed by atoms with Gasteiger partial charge in [0.2, 0.25) is 0 Å². The summed E-state index contributed by atoms with van der Waals surface area (Å²) in [5, 5.41) is 13.0. The molecule has 0 heterocycles. The minimum atomic E-state index is -1.07. The highest BCUT2D eigenvalue weighted by atomic mass is 35.5. The van der Waals surface area contributed by atoms with Crippen LogP contribution in [0.25, 0.3) is 0 Å². The summed E-state index contributed by atoms with van der Waals surface area (Å²) in [4.78, 5) is 11.3. The Kier molecular flexibility index (Phi) is 7.40. The number of rotatable bonds is 8. The van der Waals surface area contributed by atoms with Crippen LogP contribution in [0.3, 0.4) is 0 Å². The Hall–Kier alpha value is -1.91. The maximum Gasteiger partial charge on any atom is 0.337 e. The van der Waals surface area contributed by atoms with Gasteiger partial charge in [-0.15, -0.1) is 0 Å². The van der Waals surface area contributed by atoms with Crippen LogP contribution in [-0.2, 0) is 5.41 Å². The van der Waals surface area contributed by atoms with Crippen LogP contribution in [0, 0.1) is 0 Å². The second-order valence-electron chi connectivity index (χ2n) is 7.37. The molecule has 0 fully saturated rings. The average Bonchev–Trinajstić information content (AvgIpc) is 2.58. The van der Waals surface area contributed by atoms with E-state index in [0.29, 0.717) is 28.9 Å². The Balaban J connectivity index is 1.78. The van der Waals surface area contributed by atoms with Gasteiger partial charge in [0, 0.05) is 11.6 Å². The number of nitrogens with one attached hydrogen (secondary N) is 1. The van der Waals surface area contributed by atoms with Crippen molar-refractivity contribution in [1.29, 1.82) is 0 Å². The first-order valence-corrected chi connectivity index (χ1v) is 9.63. The Labute approximate surface area is 170 Å². The molecule has 146 valence electrons. The first-order valence-electron chi connectivity index (χ1n) is 8.88. The highest BCUT2D eigenvalue weighted by molar-refractivity contribution is 6.37. The van der Waals surface area contributed by atoms with E-state index in [1.807, 2.05) is 12.1 Å². The van der Waals surface area contributed by atoms with Crippen LogP contribution in [0.2, 0.25) is 10.0 Å². The molecule has 0 spiro atoms. The lowest BCUT2D eigenvalue weighted by molar-refractivity contribution is 0.0698. The van der Waals surface area contributed by atoms with E-state index in [2.05, 4.69) is 38.2 Å². The fourth-order valence-electron chi connectivity index (χ4n) is 2.60. The monoisotopic (exact) mass is 409 g/mol. The lowest BCUT2D eigenvalue weighted by Crippen LogP contribution is -2.11. The van der Waals surface area contributed by atoms with Gasteiger partial charge < -0.3 is 15.2 Å². The van der Waals surface area contributed by atoms with Gasteiger partial charge in [-0.1, -0.05) is 56.1 Å². The number of ether oxygens (including phenoxy) is 1. The molecule has 2 aromatic rings. The molecule has 0 aromatic heterocycles. The molecular weight excluding hydrogens is 385 g/mol. The molecule has 0 atom stereocenters. The summed E-state index contributed by atoms with van der Waals surface area (Å²) in [6.07, 6.45) is 1.65. The third-order valence-electron chi connectivity index (χ3n) is 4.15. The topological polar surface area (TPSA) is 58.6 Å². The zero-order valence-electron chi connectivity index (χ0n) is 15.8. The second-order valence-corrected chi connectivity index (χ2v) is 8.22. The zero-order valence-corrected chi connectivity index (χ0v) is 17.3. The van der Waals surface area contributed by atoms with Gasteiger partial charge >= 0.3 is 5.97 Å². The van der Waals surface area contributed by atoms with Crippen LogP contribution in [0.1, 0.15) is 49.5 Å². The first kappa shape index (κ1) is 21.4. The number of carboxylic acids is 1. The van der Waals surface area contributed by atoms with E-state index in [4.69, 9.17) is 27.9 Å². The summed E-state index contributed by atoms with van der Waals surface area (Å²) in [5.74, 6) is -0.214. The van der Waals surface area contributed by atoms with Crippen LogP contribution in [0.5, 0.6) is 5.75 Å². The van der Waals surface area contributed by atoms with Crippen molar-refractivity contribution in [3.05, 3.63) is 57.6 Å². The number of halogens is 2. The second kappa shape index (κ2) is 9.34. The van der Waals surface area contributed by atoms with Crippen LogP contribution in [0.15, 0.2) is 36.4 Å². The SMILES string of the molecule is CC(C)(C)c1ccc(OCCCCNc2c(Cl)cc(Cl)cc2C(=O)O)cc1. The normalized spacial score (nSPS) is 11.3. The average molecular weight is 410 g/mol. The predicted molar refractivity (Wildman–Crippen MR) is 112 cm³/mol. The number of anilines is 1. The van der Waals surface area contributed by atoms with E-state index in [0.717, 1.165) is 18.6 Å². The van der Waals surface area contributed by atoms with Gasteiger partial charge in [0.05, 0.1) is 22.9 Å². The van der Waals surface area contributed by atoms with Crippen molar-refractivity contribution in [3.63, 3.8) is 0 Å². The van der Waals surface area contributed by atoms with Crippen molar-refractivity contribution in [2.24, 2.45) is 0 Å². The molecule has 0 bridgehead atoms. The zero-order chi connectivity index (χ0) is 20.0. The van der Waals surface area contributed by atoms with Crippen LogP contribution < -0.4 is 10.1 Å². The van der Waals surface area contributed by atoms with Gasteiger partial charge in [-0.3, -0.25) is 0 Å². The molecular formula is C21H25Cl2NO3. The number of unbranched alkanes of at least 4 members (excludes halogenated alkanes) is 1. The summed E-state index contributed by atoms with van der Waals surface area (Å²) >= 11 is 12.0. The molecule has 4 nitrogen and oxygen atoms in total. The summed E-state index contributed by atoms with van der Waals surface area (Å²) in [6, 6.07) is 11.1. The first-order chi connectivity index (χ1) is 12.7. The van der Waals surface area contributed by atoms with Crippen molar-refractivity contribution < 1.29 is 14.6 Å².